The van der Waals surface area contributed by atoms with E-state index in [-0.39, 0.29) is 55.4 Å². The number of rotatable bonds is 6. The van der Waals surface area contributed by atoms with Gasteiger partial charge in [0.1, 0.15) is 11.2 Å². The molecule has 0 saturated carbocycles. The van der Waals surface area contributed by atoms with Gasteiger partial charge in [-0.3, -0.25) is 0 Å². The van der Waals surface area contributed by atoms with Crippen LogP contribution in [0.25, 0.3) is 33.1 Å². The summed E-state index contributed by atoms with van der Waals surface area (Å²) in [5, 5.41) is 2.36. The highest BCUT2D eigenvalue weighted by Gasteiger charge is 2.51. The number of aryl methyl sites for hydroxylation is 1. The number of hydrogen-bond donors (Lipinski definition) is 0. The Kier molecular flexibility index (Phi) is 14.4. The molecule has 5 heteroatoms. The van der Waals surface area contributed by atoms with Gasteiger partial charge >= 0.3 is 0 Å². The maximum atomic E-state index is 7.93. The van der Waals surface area contributed by atoms with E-state index in [2.05, 4.69) is 349 Å². The lowest BCUT2D eigenvalue weighted by Crippen LogP contribution is -2.62. The van der Waals surface area contributed by atoms with Crippen LogP contribution in [0.1, 0.15) is 238 Å². The van der Waals surface area contributed by atoms with E-state index < -0.39 is 0 Å². The van der Waals surface area contributed by atoms with E-state index in [9.17, 15) is 0 Å². The van der Waals surface area contributed by atoms with E-state index >= 15 is 0 Å². The largest absolute Gasteiger partial charge is 0.457 e. The third-order valence-electron chi connectivity index (χ3n) is 25.2. The summed E-state index contributed by atoms with van der Waals surface area (Å²) < 4.78 is 7.93. The van der Waals surface area contributed by atoms with Crippen LogP contribution in [0.5, 0.6) is 0 Å². The summed E-state index contributed by atoms with van der Waals surface area (Å²) >= 11 is 0. The SMILES string of the molecule is Cc1cc2c(cc1N1c3cc4c(cc3B3c5c1cc(N(c1ccc(C(C)(C)C)cc1)c1ccc(C(C)(C)C)cc1)cc5N(c1ccc(C(C)(C)C)cc1-c1ccccc1)c1ccc5c(oc6cc7c(cc65)C(C)(C)CCC7(C)C)c13)C(C)(C)c1ccccc1C4(C)C)C(C)(C)CCC2(C)C. The Morgan fingerprint density at radius 3 is 1.34 bits per heavy atom. The van der Waals surface area contributed by atoms with Crippen molar-refractivity contribution in [2.45, 2.75) is 227 Å². The van der Waals surface area contributed by atoms with Crippen molar-refractivity contribution in [3.8, 4) is 11.1 Å². The van der Waals surface area contributed by atoms with Crippen LogP contribution in [-0.4, -0.2) is 6.71 Å². The van der Waals surface area contributed by atoms with Crippen molar-refractivity contribution in [2.75, 3.05) is 14.7 Å². The molecule has 11 aromatic rings. The van der Waals surface area contributed by atoms with Gasteiger partial charge in [-0.1, -0.05) is 242 Å². The van der Waals surface area contributed by atoms with Gasteiger partial charge in [0.25, 0.3) is 6.71 Å². The predicted octanol–water partition coefficient (Wildman–Crippen LogP) is 24.7. The molecular weight excluding hydrogens is 1210 g/mol. The second kappa shape index (κ2) is 21.7. The molecule has 0 atom stereocenters. The maximum Gasteiger partial charge on any atom is 0.257 e. The molecule has 0 radical (unpaired) electrons. The third-order valence-corrected chi connectivity index (χ3v) is 25.2. The van der Waals surface area contributed by atoms with E-state index in [1.54, 1.807) is 0 Å². The lowest BCUT2D eigenvalue weighted by molar-refractivity contribution is 0.332. The van der Waals surface area contributed by atoms with Crippen molar-refractivity contribution < 1.29 is 4.42 Å². The number of hydrogen-bond acceptors (Lipinski definition) is 4. The van der Waals surface area contributed by atoms with E-state index in [1.165, 1.54) is 122 Å². The average Bonchev–Trinajstić information content (AvgIpc) is 0.966. The van der Waals surface area contributed by atoms with Crippen molar-refractivity contribution >= 4 is 96.2 Å². The van der Waals surface area contributed by atoms with Gasteiger partial charge in [-0.2, -0.15) is 0 Å². The summed E-state index contributed by atoms with van der Waals surface area (Å²) in [5.41, 5.74) is 33.9. The van der Waals surface area contributed by atoms with Crippen LogP contribution in [0.3, 0.4) is 0 Å². The van der Waals surface area contributed by atoms with E-state index in [0.717, 1.165) is 71.0 Å². The highest BCUT2D eigenvalue weighted by Crippen LogP contribution is 2.58. The Bertz CT molecular complexity index is 5140. The van der Waals surface area contributed by atoms with Gasteiger partial charge in [-0.15, -0.1) is 0 Å². The Labute approximate surface area is 598 Å². The zero-order chi connectivity index (χ0) is 70.9. The summed E-state index contributed by atoms with van der Waals surface area (Å²) in [6.45, 7) is 52.8. The summed E-state index contributed by atoms with van der Waals surface area (Å²) in [5.74, 6) is 0. The summed E-state index contributed by atoms with van der Waals surface area (Å²) in [6.07, 6.45) is 4.51. The molecule has 0 saturated heterocycles. The van der Waals surface area contributed by atoms with Crippen LogP contribution in [0.2, 0.25) is 0 Å². The number of fused-ring (bicyclic) bond motifs is 12. The monoisotopic (exact) mass is 1310 g/mol. The smallest absolute Gasteiger partial charge is 0.257 e. The topological polar surface area (TPSA) is 22.9 Å². The van der Waals surface area contributed by atoms with Crippen molar-refractivity contribution in [1.82, 2.24) is 0 Å². The van der Waals surface area contributed by atoms with Gasteiger partial charge in [-0.25, -0.2) is 0 Å². The first-order chi connectivity index (χ1) is 46.9. The Balaban J connectivity index is 1.11. The molecule has 0 amide bonds. The first-order valence-electron chi connectivity index (χ1n) is 37.3. The standard InChI is InChI=1S/C95H104BN3O/c1-57-48-70-72(92(15,16)46-44-90(70,11)12)54-79(57)99-80-55-75-74(94(19,20)68-30-26-27-31-69(68)95(75,21)22)53-76(80)96-84-81(50-64(51-82(84)99)97(62-37-32-59(33-38-62)87(2,3)4)63-39-34-60(35-40-63)88(5,6)7)98(77-42-36-61(89(8,9)10)49-66(77)58-28-24-23-25-29-58)78-43-41-65-67-52-71-73(56-83(67)100-86(65)85(78)96)93(17,18)47-45-91(71,13)14/h23-43,48-56H,44-47H2,1-22H3. The van der Waals surface area contributed by atoms with Gasteiger partial charge < -0.3 is 19.1 Å². The molecule has 0 unspecified atom stereocenters. The second-order valence-electron chi connectivity index (χ2n) is 37.6. The quantitative estimate of drug-likeness (QED) is 0.155. The highest BCUT2D eigenvalue weighted by atomic mass is 16.3. The molecule has 0 spiro atoms. The molecule has 508 valence electrons. The van der Waals surface area contributed by atoms with Crippen LogP contribution in [-0.2, 0) is 48.7 Å². The van der Waals surface area contributed by atoms with E-state index in [4.69, 9.17) is 4.42 Å². The maximum absolute atomic E-state index is 7.93. The van der Waals surface area contributed by atoms with Crippen molar-refractivity contribution in [3.05, 3.63) is 249 Å². The van der Waals surface area contributed by atoms with Crippen LogP contribution in [0.4, 0.5) is 51.2 Å². The number of furan rings is 1. The Morgan fingerprint density at radius 2 is 0.810 bits per heavy atom. The summed E-state index contributed by atoms with van der Waals surface area (Å²) in [6, 6.07) is 72.5. The fourth-order valence-corrected chi connectivity index (χ4v) is 18.6. The fraction of sp³-hybridized carbons (Fsp3) is 0.368. The van der Waals surface area contributed by atoms with Crippen molar-refractivity contribution in [1.29, 1.82) is 0 Å². The average molecular weight is 1310 g/mol. The third kappa shape index (κ3) is 10.0. The minimum Gasteiger partial charge on any atom is -0.457 e. The number of nitrogens with zero attached hydrogens (tertiary/aromatic N) is 3. The first kappa shape index (κ1) is 66.0. The molecule has 0 fully saturated rings. The summed E-state index contributed by atoms with van der Waals surface area (Å²) in [7, 11) is 0. The molecule has 10 aromatic carbocycles. The molecule has 16 rings (SSSR count). The molecule has 5 aliphatic rings. The van der Waals surface area contributed by atoms with Crippen LogP contribution < -0.4 is 31.1 Å². The molecule has 4 nitrogen and oxygen atoms in total. The minimum absolute atomic E-state index is 0.00612. The van der Waals surface area contributed by atoms with Gasteiger partial charge in [0.05, 0.1) is 11.4 Å². The van der Waals surface area contributed by atoms with E-state index in [0.29, 0.717) is 0 Å². The van der Waals surface area contributed by atoms with Gasteiger partial charge in [0.2, 0.25) is 0 Å². The minimum atomic E-state index is -0.331. The van der Waals surface area contributed by atoms with Gasteiger partial charge in [0.15, 0.2) is 0 Å². The molecule has 0 bridgehead atoms. The zero-order valence-electron chi connectivity index (χ0n) is 64.0. The molecule has 0 N–H and O–H groups in total. The first-order valence-corrected chi connectivity index (χ1v) is 37.3. The molecule has 1 aromatic heterocycles. The molecule has 100 heavy (non-hydrogen) atoms. The second-order valence-corrected chi connectivity index (χ2v) is 37.6. The normalized spacial score (nSPS) is 18.0. The molecule has 3 heterocycles. The van der Waals surface area contributed by atoms with Crippen LogP contribution in [0, 0.1) is 6.92 Å². The highest BCUT2D eigenvalue weighted by molar-refractivity contribution is 7.01. The fourth-order valence-electron chi connectivity index (χ4n) is 18.6. The zero-order valence-corrected chi connectivity index (χ0v) is 64.0. The lowest BCUT2D eigenvalue weighted by atomic mass is 9.32. The lowest BCUT2D eigenvalue weighted by Gasteiger charge is -2.49. The van der Waals surface area contributed by atoms with Gasteiger partial charge in [-0.05, 0) is 244 Å². The molecule has 2 aliphatic heterocycles. The van der Waals surface area contributed by atoms with E-state index in [1.807, 2.05) is 0 Å². The van der Waals surface area contributed by atoms with Crippen molar-refractivity contribution in [2.24, 2.45) is 0 Å². The van der Waals surface area contributed by atoms with Crippen LogP contribution >= 0.6 is 0 Å². The Hall–Kier alpha value is -8.54. The predicted molar refractivity (Wildman–Crippen MR) is 430 cm³/mol. The van der Waals surface area contributed by atoms with Crippen LogP contribution in [0.15, 0.2) is 186 Å². The Morgan fingerprint density at radius 1 is 0.360 bits per heavy atom. The molecular formula is C95H104BN3O. The summed E-state index contributed by atoms with van der Waals surface area (Å²) in [4.78, 5) is 8.02. The van der Waals surface area contributed by atoms with Crippen molar-refractivity contribution in [3.63, 3.8) is 0 Å². The molecule has 3 aliphatic carbocycles. The number of anilines is 9. The number of benzene rings is 10. The van der Waals surface area contributed by atoms with Gasteiger partial charge in [0, 0.05) is 67.0 Å².